The van der Waals surface area contributed by atoms with Crippen molar-refractivity contribution in [1.82, 2.24) is 10.3 Å². The highest BCUT2D eigenvalue weighted by molar-refractivity contribution is 6.32. The van der Waals surface area contributed by atoms with Crippen LogP contribution in [0.1, 0.15) is 15.9 Å². The zero-order valence-corrected chi connectivity index (χ0v) is 12.2. The number of amides is 1. The summed E-state index contributed by atoms with van der Waals surface area (Å²) in [5, 5.41) is 2.87. The molecular formula is C15H13ClF2N2O2. The topological polar surface area (TPSA) is 51.2 Å². The Labute approximate surface area is 131 Å². The molecule has 0 atom stereocenters. The number of hydrogen-bond donors (Lipinski definition) is 1. The summed E-state index contributed by atoms with van der Waals surface area (Å²) in [5.41, 5.74) is 1.20. The van der Waals surface area contributed by atoms with Crippen LogP contribution < -0.4 is 10.1 Å². The number of carbonyl (C=O) groups is 1. The van der Waals surface area contributed by atoms with Gasteiger partial charge >= 0.3 is 6.61 Å². The minimum Gasteiger partial charge on any atom is -0.435 e. The fraction of sp³-hybridized carbons (Fsp3) is 0.200. The van der Waals surface area contributed by atoms with Gasteiger partial charge in [-0.15, -0.1) is 0 Å². The molecule has 116 valence electrons. The molecule has 1 heterocycles. The Balaban J connectivity index is 1.83. The van der Waals surface area contributed by atoms with Crippen LogP contribution in [-0.4, -0.2) is 24.0 Å². The van der Waals surface area contributed by atoms with Gasteiger partial charge in [-0.25, -0.2) is 4.98 Å². The number of benzene rings is 1. The van der Waals surface area contributed by atoms with Gasteiger partial charge in [0.2, 0.25) is 0 Å². The Bertz CT molecular complexity index is 636. The van der Waals surface area contributed by atoms with Crippen LogP contribution >= 0.6 is 11.6 Å². The van der Waals surface area contributed by atoms with E-state index in [9.17, 15) is 13.6 Å². The summed E-state index contributed by atoms with van der Waals surface area (Å²) in [6, 6.07) is 9.47. The van der Waals surface area contributed by atoms with Crippen molar-refractivity contribution < 1.29 is 18.3 Å². The lowest BCUT2D eigenvalue weighted by atomic mass is 10.1. The summed E-state index contributed by atoms with van der Waals surface area (Å²) in [5.74, 6) is -0.208. The van der Waals surface area contributed by atoms with Crippen LogP contribution in [0, 0.1) is 0 Å². The average Bonchev–Trinajstić information content (AvgIpc) is 2.49. The van der Waals surface area contributed by atoms with E-state index in [1.165, 1.54) is 18.3 Å². The number of aromatic nitrogens is 1. The van der Waals surface area contributed by atoms with E-state index in [1.54, 1.807) is 24.3 Å². The molecule has 0 radical (unpaired) electrons. The molecule has 0 unspecified atom stereocenters. The number of carbonyl (C=O) groups excluding carboxylic acids is 1. The van der Waals surface area contributed by atoms with Gasteiger partial charge in [0.1, 0.15) is 10.9 Å². The van der Waals surface area contributed by atoms with E-state index in [4.69, 9.17) is 11.6 Å². The van der Waals surface area contributed by atoms with Crippen molar-refractivity contribution in [3.8, 4) is 5.75 Å². The normalized spacial score (nSPS) is 10.5. The molecule has 0 aliphatic heterocycles. The number of nitrogens with zero attached hydrogens (tertiary/aromatic N) is 1. The lowest BCUT2D eigenvalue weighted by Crippen LogP contribution is -2.26. The van der Waals surface area contributed by atoms with Gasteiger partial charge in [-0.3, -0.25) is 4.79 Å². The highest BCUT2D eigenvalue weighted by atomic mass is 35.5. The summed E-state index contributed by atoms with van der Waals surface area (Å²) in [7, 11) is 0. The maximum absolute atomic E-state index is 12.0. The first-order chi connectivity index (χ1) is 10.6. The third kappa shape index (κ3) is 4.66. The molecule has 0 aliphatic carbocycles. The minimum atomic E-state index is -2.84. The third-order valence-electron chi connectivity index (χ3n) is 2.85. The Hall–Kier alpha value is -2.21. The fourth-order valence-electron chi connectivity index (χ4n) is 1.81. The van der Waals surface area contributed by atoms with Crippen LogP contribution in [-0.2, 0) is 6.42 Å². The number of ether oxygens (including phenoxy) is 1. The van der Waals surface area contributed by atoms with Crippen LogP contribution in [0.4, 0.5) is 8.78 Å². The fourth-order valence-corrected chi connectivity index (χ4v) is 2.01. The van der Waals surface area contributed by atoms with Crippen molar-refractivity contribution in [3.05, 3.63) is 58.9 Å². The van der Waals surface area contributed by atoms with E-state index >= 15 is 0 Å². The smallest absolute Gasteiger partial charge is 0.387 e. The zero-order valence-electron chi connectivity index (χ0n) is 11.4. The summed E-state index contributed by atoms with van der Waals surface area (Å²) in [4.78, 5) is 15.7. The third-order valence-corrected chi connectivity index (χ3v) is 3.15. The SMILES string of the molecule is O=C(NCCc1ccc(OC(F)F)cc1)c1cccnc1Cl. The molecule has 1 amide bonds. The van der Waals surface area contributed by atoms with Crippen LogP contribution in [0.15, 0.2) is 42.6 Å². The Morgan fingerprint density at radius 2 is 2.00 bits per heavy atom. The standard InChI is InChI=1S/C15H13ClF2N2O2/c16-13-12(2-1-8-19-13)14(21)20-9-7-10-3-5-11(6-4-10)22-15(17)18/h1-6,8,15H,7,9H2,(H,20,21). The average molecular weight is 327 g/mol. The van der Waals surface area contributed by atoms with Gasteiger partial charge in [0, 0.05) is 12.7 Å². The van der Waals surface area contributed by atoms with Crippen molar-refractivity contribution in [2.24, 2.45) is 0 Å². The van der Waals surface area contributed by atoms with Crippen LogP contribution in [0.5, 0.6) is 5.75 Å². The number of hydrogen-bond acceptors (Lipinski definition) is 3. The molecule has 4 nitrogen and oxygen atoms in total. The summed E-state index contributed by atoms with van der Waals surface area (Å²) in [6.45, 7) is -2.45. The predicted octanol–water partition coefficient (Wildman–Crippen LogP) is 3.31. The summed E-state index contributed by atoms with van der Waals surface area (Å²) >= 11 is 5.83. The van der Waals surface area contributed by atoms with E-state index in [0.717, 1.165) is 5.56 Å². The molecule has 1 aromatic heterocycles. The maximum Gasteiger partial charge on any atom is 0.387 e. The van der Waals surface area contributed by atoms with Gasteiger partial charge in [0.15, 0.2) is 0 Å². The van der Waals surface area contributed by atoms with Crippen molar-refractivity contribution in [2.75, 3.05) is 6.54 Å². The van der Waals surface area contributed by atoms with Gasteiger partial charge in [0.05, 0.1) is 5.56 Å². The van der Waals surface area contributed by atoms with Crippen molar-refractivity contribution >= 4 is 17.5 Å². The minimum absolute atomic E-state index is 0.102. The first kappa shape index (κ1) is 16.2. The van der Waals surface area contributed by atoms with E-state index < -0.39 is 6.61 Å². The quantitative estimate of drug-likeness (QED) is 0.829. The molecule has 0 fully saturated rings. The molecule has 22 heavy (non-hydrogen) atoms. The van der Waals surface area contributed by atoms with Crippen molar-refractivity contribution in [3.63, 3.8) is 0 Å². The molecule has 0 saturated heterocycles. The molecule has 0 bridgehead atoms. The predicted molar refractivity (Wildman–Crippen MR) is 78.4 cm³/mol. The van der Waals surface area contributed by atoms with Crippen LogP contribution in [0.2, 0.25) is 5.15 Å². The Kier molecular flexibility index (Phi) is 5.66. The first-order valence-corrected chi connectivity index (χ1v) is 6.86. The monoisotopic (exact) mass is 326 g/mol. The molecule has 0 saturated carbocycles. The lowest BCUT2D eigenvalue weighted by Gasteiger charge is -2.07. The number of halogens is 3. The summed E-state index contributed by atoms with van der Waals surface area (Å²) < 4.78 is 28.3. The van der Waals surface area contributed by atoms with Gasteiger partial charge in [0.25, 0.3) is 5.91 Å². The summed E-state index contributed by atoms with van der Waals surface area (Å²) in [6.07, 6.45) is 2.06. The van der Waals surface area contributed by atoms with Gasteiger partial charge in [-0.1, -0.05) is 23.7 Å². The number of rotatable bonds is 6. The molecule has 2 aromatic rings. The highest BCUT2D eigenvalue weighted by Crippen LogP contribution is 2.15. The second-order valence-corrected chi connectivity index (χ2v) is 4.73. The first-order valence-electron chi connectivity index (χ1n) is 6.48. The van der Waals surface area contributed by atoms with Crippen molar-refractivity contribution in [2.45, 2.75) is 13.0 Å². The second-order valence-electron chi connectivity index (χ2n) is 4.37. The van der Waals surface area contributed by atoms with Gasteiger partial charge in [-0.2, -0.15) is 8.78 Å². The van der Waals surface area contributed by atoms with Gasteiger partial charge < -0.3 is 10.1 Å². The van der Waals surface area contributed by atoms with E-state index in [-0.39, 0.29) is 16.8 Å². The number of nitrogens with one attached hydrogen (secondary N) is 1. The van der Waals surface area contributed by atoms with Crippen LogP contribution in [0.3, 0.4) is 0 Å². The molecular weight excluding hydrogens is 314 g/mol. The molecule has 1 N–H and O–H groups in total. The van der Waals surface area contributed by atoms with Crippen molar-refractivity contribution in [1.29, 1.82) is 0 Å². The Morgan fingerprint density at radius 3 is 2.64 bits per heavy atom. The number of alkyl halides is 2. The maximum atomic E-state index is 12.0. The van der Waals surface area contributed by atoms with Crippen LogP contribution in [0.25, 0.3) is 0 Å². The molecule has 0 aliphatic rings. The molecule has 0 spiro atoms. The van der Waals surface area contributed by atoms with E-state index in [1.807, 2.05) is 0 Å². The zero-order chi connectivity index (χ0) is 15.9. The van der Waals surface area contributed by atoms with E-state index in [0.29, 0.717) is 18.5 Å². The lowest BCUT2D eigenvalue weighted by molar-refractivity contribution is -0.0498. The second kappa shape index (κ2) is 7.70. The molecule has 2 rings (SSSR count). The van der Waals surface area contributed by atoms with Gasteiger partial charge in [-0.05, 0) is 36.2 Å². The largest absolute Gasteiger partial charge is 0.435 e. The number of pyridine rings is 1. The molecule has 1 aromatic carbocycles. The Morgan fingerprint density at radius 1 is 1.27 bits per heavy atom. The van der Waals surface area contributed by atoms with E-state index in [2.05, 4.69) is 15.0 Å². The molecule has 7 heteroatoms. The highest BCUT2D eigenvalue weighted by Gasteiger charge is 2.09.